The van der Waals surface area contributed by atoms with E-state index in [1.807, 2.05) is 13.8 Å². The van der Waals surface area contributed by atoms with Gasteiger partial charge in [0.25, 0.3) is 0 Å². The Bertz CT molecular complexity index is 212. The molecule has 0 saturated carbocycles. The summed E-state index contributed by atoms with van der Waals surface area (Å²) in [5, 5.41) is 8.58. The fourth-order valence-electron chi connectivity index (χ4n) is 0.768. The highest BCUT2D eigenvalue weighted by Crippen LogP contribution is 2.12. The van der Waals surface area contributed by atoms with Gasteiger partial charge in [0.05, 0.1) is 0 Å². The van der Waals surface area contributed by atoms with Crippen LogP contribution in [0.5, 0.6) is 0 Å². The van der Waals surface area contributed by atoms with Crippen molar-refractivity contribution in [1.82, 2.24) is 0 Å². The van der Waals surface area contributed by atoms with Gasteiger partial charge < -0.3 is 5.11 Å². The zero-order valence-corrected chi connectivity index (χ0v) is 7.27. The standard InChI is InChI=1S/C9H14O2/c1-6(2)5-7(3)8(4)9(10)11/h1,5H2,2-4H3,(H,10,11)/b8-7-. The van der Waals surface area contributed by atoms with Crippen molar-refractivity contribution in [1.29, 1.82) is 0 Å². The Kier molecular flexibility index (Phi) is 3.58. The van der Waals surface area contributed by atoms with E-state index in [4.69, 9.17) is 5.11 Å². The zero-order valence-electron chi connectivity index (χ0n) is 7.27. The van der Waals surface area contributed by atoms with Gasteiger partial charge in [0, 0.05) is 5.57 Å². The summed E-state index contributed by atoms with van der Waals surface area (Å²) in [5.74, 6) is -0.844. The maximum absolute atomic E-state index is 10.4. The van der Waals surface area contributed by atoms with Crippen LogP contribution in [0, 0.1) is 0 Å². The van der Waals surface area contributed by atoms with Crippen LogP contribution >= 0.6 is 0 Å². The van der Waals surface area contributed by atoms with Crippen molar-refractivity contribution in [3.8, 4) is 0 Å². The monoisotopic (exact) mass is 154 g/mol. The molecule has 0 aliphatic rings. The molecule has 2 nitrogen and oxygen atoms in total. The van der Waals surface area contributed by atoms with Crippen molar-refractivity contribution < 1.29 is 9.90 Å². The molecule has 0 unspecified atom stereocenters. The molecule has 2 heteroatoms. The molecule has 0 atom stereocenters. The Morgan fingerprint density at radius 2 is 1.82 bits per heavy atom. The van der Waals surface area contributed by atoms with Crippen LogP contribution < -0.4 is 0 Å². The Balaban J connectivity index is 4.40. The maximum Gasteiger partial charge on any atom is 0.331 e. The van der Waals surface area contributed by atoms with Crippen LogP contribution in [-0.2, 0) is 4.79 Å². The van der Waals surface area contributed by atoms with Crippen LogP contribution in [0.3, 0.4) is 0 Å². The number of allylic oxidation sites excluding steroid dienone is 2. The molecule has 62 valence electrons. The predicted octanol–water partition coefficient (Wildman–Crippen LogP) is 2.37. The molecular weight excluding hydrogens is 140 g/mol. The molecule has 0 amide bonds. The van der Waals surface area contributed by atoms with Crippen molar-refractivity contribution in [2.24, 2.45) is 0 Å². The minimum Gasteiger partial charge on any atom is -0.478 e. The normalized spacial score (nSPS) is 12.3. The molecule has 1 N–H and O–H groups in total. The zero-order chi connectivity index (χ0) is 9.02. The first-order chi connectivity index (χ1) is 4.95. The van der Waals surface area contributed by atoms with Gasteiger partial charge in [-0.05, 0) is 27.2 Å². The van der Waals surface area contributed by atoms with Crippen LogP contribution in [0.15, 0.2) is 23.3 Å². The second kappa shape index (κ2) is 3.96. The third kappa shape index (κ3) is 3.61. The lowest BCUT2D eigenvalue weighted by atomic mass is 10.0. The summed E-state index contributed by atoms with van der Waals surface area (Å²) < 4.78 is 0. The average molecular weight is 154 g/mol. The van der Waals surface area contributed by atoms with E-state index >= 15 is 0 Å². The molecule has 0 aromatic carbocycles. The first-order valence-corrected chi connectivity index (χ1v) is 3.49. The van der Waals surface area contributed by atoms with E-state index in [0.717, 1.165) is 11.1 Å². The van der Waals surface area contributed by atoms with Crippen molar-refractivity contribution in [2.75, 3.05) is 0 Å². The van der Waals surface area contributed by atoms with Gasteiger partial charge in [-0.15, -0.1) is 0 Å². The van der Waals surface area contributed by atoms with Crippen LogP contribution in [0.1, 0.15) is 27.2 Å². The Morgan fingerprint density at radius 1 is 1.36 bits per heavy atom. The summed E-state index contributed by atoms with van der Waals surface area (Å²) in [6, 6.07) is 0. The highest BCUT2D eigenvalue weighted by atomic mass is 16.4. The van der Waals surface area contributed by atoms with Crippen LogP contribution in [0.25, 0.3) is 0 Å². The van der Waals surface area contributed by atoms with Gasteiger partial charge in [0.2, 0.25) is 0 Å². The first kappa shape index (κ1) is 9.95. The lowest BCUT2D eigenvalue weighted by Gasteiger charge is -2.02. The second-order valence-corrected chi connectivity index (χ2v) is 2.84. The van der Waals surface area contributed by atoms with Gasteiger partial charge >= 0.3 is 5.97 Å². The minimum absolute atomic E-state index is 0.424. The average Bonchev–Trinajstić information content (AvgIpc) is 1.84. The minimum atomic E-state index is -0.844. The summed E-state index contributed by atoms with van der Waals surface area (Å²) >= 11 is 0. The third-order valence-electron chi connectivity index (χ3n) is 1.53. The first-order valence-electron chi connectivity index (χ1n) is 3.49. The van der Waals surface area contributed by atoms with Gasteiger partial charge in [-0.25, -0.2) is 4.79 Å². The van der Waals surface area contributed by atoms with Gasteiger partial charge in [0.15, 0.2) is 0 Å². The number of aliphatic carboxylic acids is 1. The summed E-state index contributed by atoms with van der Waals surface area (Å²) in [6.07, 6.45) is 0.679. The Hall–Kier alpha value is -1.05. The number of hydrogen-bond donors (Lipinski definition) is 1. The van der Waals surface area contributed by atoms with Gasteiger partial charge in [0.1, 0.15) is 0 Å². The number of carbonyl (C=O) groups is 1. The van der Waals surface area contributed by atoms with Crippen molar-refractivity contribution >= 4 is 5.97 Å². The molecule has 0 aromatic rings. The van der Waals surface area contributed by atoms with E-state index in [9.17, 15) is 4.79 Å². The molecule has 0 spiro atoms. The van der Waals surface area contributed by atoms with Gasteiger partial charge in [-0.2, -0.15) is 0 Å². The molecule has 0 rings (SSSR count). The topological polar surface area (TPSA) is 37.3 Å². The van der Waals surface area contributed by atoms with E-state index in [-0.39, 0.29) is 0 Å². The number of rotatable bonds is 3. The summed E-state index contributed by atoms with van der Waals surface area (Å²) in [7, 11) is 0. The summed E-state index contributed by atoms with van der Waals surface area (Å²) in [6.45, 7) is 9.03. The van der Waals surface area contributed by atoms with E-state index in [1.165, 1.54) is 0 Å². The number of carboxylic acid groups (broad SMARTS) is 1. The lowest BCUT2D eigenvalue weighted by Crippen LogP contribution is -1.99. The molecule has 0 radical (unpaired) electrons. The Labute approximate surface area is 67.2 Å². The van der Waals surface area contributed by atoms with E-state index in [0.29, 0.717) is 12.0 Å². The second-order valence-electron chi connectivity index (χ2n) is 2.84. The number of carboxylic acids is 1. The van der Waals surface area contributed by atoms with Gasteiger partial charge in [-0.3, -0.25) is 0 Å². The van der Waals surface area contributed by atoms with Crippen LogP contribution in [-0.4, -0.2) is 11.1 Å². The fourth-order valence-corrected chi connectivity index (χ4v) is 0.768. The van der Waals surface area contributed by atoms with Crippen molar-refractivity contribution in [3.05, 3.63) is 23.3 Å². The molecule has 0 heterocycles. The smallest absolute Gasteiger partial charge is 0.331 e. The molecular formula is C9H14O2. The molecule has 0 saturated heterocycles. The summed E-state index contributed by atoms with van der Waals surface area (Å²) in [4.78, 5) is 10.4. The molecule has 0 aliphatic carbocycles. The largest absolute Gasteiger partial charge is 0.478 e. The quantitative estimate of drug-likeness (QED) is 0.500. The molecule has 0 aliphatic heterocycles. The third-order valence-corrected chi connectivity index (χ3v) is 1.53. The van der Waals surface area contributed by atoms with Crippen LogP contribution in [0.2, 0.25) is 0 Å². The maximum atomic E-state index is 10.4. The lowest BCUT2D eigenvalue weighted by molar-refractivity contribution is -0.132. The highest BCUT2D eigenvalue weighted by molar-refractivity contribution is 5.86. The van der Waals surface area contributed by atoms with Crippen molar-refractivity contribution in [2.45, 2.75) is 27.2 Å². The molecule has 11 heavy (non-hydrogen) atoms. The van der Waals surface area contributed by atoms with E-state index in [1.54, 1.807) is 6.92 Å². The van der Waals surface area contributed by atoms with E-state index in [2.05, 4.69) is 6.58 Å². The fraction of sp³-hybridized carbons (Fsp3) is 0.444. The predicted molar refractivity (Wildman–Crippen MR) is 45.4 cm³/mol. The van der Waals surface area contributed by atoms with Gasteiger partial charge in [-0.1, -0.05) is 17.7 Å². The molecule has 0 bridgehead atoms. The molecule has 0 fully saturated rings. The Morgan fingerprint density at radius 3 is 2.09 bits per heavy atom. The van der Waals surface area contributed by atoms with E-state index < -0.39 is 5.97 Å². The highest BCUT2D eigenvalue weighted by Gasteiger charge is 2.04. The SMILES string of the molecule is C=C(C)C/C(C)=C(/C)C(=O)O. The number of hydrogen-bond acceptors (Lipinski definition) is 1. The molecule has 0 aromatic heterocycles. The summed E-state index contributed by atoms with van der Waals surface area (Å²) in [5.41, 5.74) is 2.29. The van der Waals surface area contributed by atoms with Crippen molar-refractivity contribution in [3.63, 3.8) is 0 Å². The van der Waals surface area contributed by atoms with Crippen LogP contribution in [0.4, 0.5) is 0 Å².